The monoisotopic (exact) mass is 278 g/mol. The maximum absolute atomic E-state index is 12.1. The summed E-state index contributed by atoms with van der Waals surface area (Å²) in [4.78, 5) is 14.0. The molecule has 0 spiro atoms. The molecule has 1 amide bonds. The van der Waals surface area contributed by atoms with E-state index in [0.717, 1.165) is 18.7 Å². The van der Waals surface area contributed by atoms with Crippen LogP contribution in [0.25, 0.3) is 6.08 Å². The van der Waals surface area contributed by atoms with Crippen molar-refractivity contribution in [2.24, 2.45) is 0 Å². The van der Waals surface area contributed by atoms with Crippen LogP contribution in [0.3, 0.4) is 0 Å². The van der Waals surface area contributed by atoms with E-state index in [1.165, 1.54) is 0 Å². The Morgan fingerprint density at radius 3 is 2.42 bits per heavy atom. The largest absolute Gasteiger partial charge is 0.336 e. The van der Waals surface area contributed by atoms with E-state index in [1.54, 1.807) is 6.08 Å². The second-order valence-electron chi connectivity index (χ2n) is 5.10. The molecule has 1 heterocycles. The molecule has 1 N–H and O–H groups in total. The lowest BCUT2D eigenvalue weighted by molar-refractivity contribution is -0.127. The fraction of sp³-hybridized carbons (Fsp3) is 0.400. The van der Waals surface area contributed by atoms with Gasteiger partial charge < -0.3 is 10.2 Å². The Hall–Kier alpha value is -1.32. The molecule has 1 fully saturated rings. The molecule has 1 saturated heterocycles. The normalized spacial score (nSPS) is 23.8. The van der Waals surface area contributed by atoms with Crippen LogP contribution in [0.4, 0.5) is 0 Å². The minimum absolute atomic E-state index is 0.0650. The van der Waals surface area contributed by atoms with Crippen molar-refractivity contribution in [1.29, 1.82) is 0 Å². The van der Waals surface area contributed by atoms with E-state index >= 15 is 0 Å². The standard InChI is InChI=1S/C15H19ClN2O/c1-11-9-18(10-12(2)17-11)15(19)8-5-13-3-6-14(16)7-4-13/h3-8,11-12,17H,9-10H2,1-2H3. The van der Waals surface area contributed by atoms with Crippen molar-refractivity contribution in [2.45, 2.75) is 25.9 Å². The Bertz CT molecular complexity index is 460. The van der Waals surface area contributed by atoms with Gasteiger partial charge in [0.25, 0.3) is 0 Å². The molecule has 1 aromatic carbocycles. The number of amides is 1. The lowest BCUT2D eigenvalue weighted by atomic mass is 10.1. The summed E-state index contributed by atoms with van der Waals surface area (Å²) in [5.74, 6) is 0.0650. The minimum Gasteiger partial charge on any atom is -0.336 e. The van der Waals surface area contributed by atoms with Crippen molar-refractivity contribution in [3.8, 4) is 0 Å². The van der Waals surface area contributed by atoms with Crippen LogP contribution in [0.1, 0.15) is 19.4 Å². The summed E-state index contributed by atoms with van der Waals surface area (Å²) in [5, 5.41) is 4.11. The molecule has 3 nitrogen and oxygen atoms in total. The third kappa shape index (κ3) is 4.08. The van der Waals surface area contributed by atoms with Crippen molar-refractivity contribution in [2.75, 3.05) is 13.1 Å². The number of hydrogen-bond acceptors (Lipinski definition) is 2. The Balaban J connectivity index is 1.98. The van der Waals surface area contributed by atoms with Crippen LogP contribution in [0.15, 0.2) is 30.3 Å². The van der Waals surface area contributed by atoms with Gasteiger partial charge in [-0.3, -0.25) is 4.79 Å². The fourth-order valence-corrected chi connectivity index (χ4v) is 2.48. The first-order valence-corrected chi connectivity index (χ1v) is 6.91. The van der Waals surface area contributed by atoms with Crippen molar-refractivity contribution < 1.29 is 4.79 Å². The molecule has 4 heteroatoms. The molecule has 2 unspecified atom stereocenters. The quantitative estimate of drug-likeness (QED) is 0.844. The Morgan fingerprint density at radius 2 is 1.84 bits per heavy atom. The van der Waals surface area contributed by atoms with E-state index in [2.05, 4.69) is 19.2 Å². The predicted octanol–water partition coefficient (Wildman–Crippen LogP) is 2.56. The van der Waals surface area contributed by atoms with Gasteiger partial charge in [-0.05, 0) is 37.6 Å². The van der Waals surface area contributed by atoms with Gasteiger partial charge in [-0.2, -0.15) is 0 Å². The van der Waals surface area contributed by atoms with E-state index in [-0.39, 0.29) is 5.91 Å². The smallest absolute Gasteiger partial charge is 0.246 e. The van der Waals surface area contributed by atoms with Crippen LogP contribution in [-0.4, -0.2) is 36.0 Å². The number of hydrogen-bond donors (Lipinski definition) is 1. The van der Waals surface area contributed by atoms with Crippen LogP contribution in [0, 0.1) is 0 Å². The molecule has 0 aliphatic carbocycles. The predicted molar refractivity (Wildman–Crippen MR) is 79.1 cm³/mol. The number of nitrogens with one attached hydrogen (secondary N) is 1. The molecule has 102 valence electrons. The summed E-state index contributed by atoms with van der Waals surface area (Å²) in [6.07, 6.45) is 3.46. The lowest BCUT2D eigenvalue weighted by Gasteiger charge is -2.35. The minimum atomic E-state index is 0.0650. The summed E-state index contributed by atoms with van der Waals surface area (Å²) < 4.78 is 0. The van der Waals surface area contributed by atoms with Crippen molar-refractivity contribution >= 4 is 23.6 Å². The number of nitrogens with zero attached hydrogens (tertiary/aromatic N) is 1. The van der Waals surface area contributed by atoms with Crippen molar-refractivity contribution in [3.63, 3.8) is 0 Å². The molecule has 1 aromatic rings. The Labute approximate surface area is 119 Å². The number of rotatable bonds is 2. The number of piperazine rings is 1. The molecule has 1 aliphatic heterocycles. The van der Waals surface area contributed by atoms with Gasteiger partial charge in [0.2, 0.25) is 5.91 Å². The van der Waals surface area contributed by atoms with Crippen LogP contribution in [0.5, 0.6) is 0 Å². The zero-order valence-corrected chi connectivity index (χ0v) is 12.0. The summed E-state index contributed by atoms with van der Waals surface area (Å²) in [6.45, 7) is 5.71. The van der Waals surface area contributed by atoms with Gasteiger partial charge >= 0.3 is 0 Å². The van der Waals surface area contributed by atoms with Crippen LogP contribution >= 0.6 is 11.6 Å². The zero-order chi connectivity index (χ0) is 13.8. The Kier molecular flexibility index (Phi) is 4.61. The van der Waals surface area contributed by atoms with E-state index < -0.39 is 0 Å². The summed E-state index contributed by atoms with van der Waals surface area (Å²) >= 11 is 5.82. The molecule has 0 radical (unpaired) electrons. The highest BCUT2D eigenvalue weighted by molar-refractivity contribution is 6.30. The van der Waals surface area contributed by atoms with Crippen LogP contribution in [-0.2, 0) is 4.79 Å². The summed E-state index contributed by atoms with van der Waals surface area (Å²) in [7, 11) is 0. The number of carbonyl (C=O) groups excluding carboxylic acids is 1. The molecule has 2 atom stereocenters. The lowest BCUT2D eigenvalue weighted by Crippen LogP contribution is -2.55. The second kappa shape index (κ2) is 6.22. The van der Waals surface area contributed by atoms with Gasteiger partial charge in [-0.25, -0.2) is 0 Å². The molecule has 19 heavy (non-hydrogen) atoms. The number of halogens is 1. The third-order valence-corrected chi connectivity index (χ3v) is 3.41. The van der Waals surface area contributed by atoms with E-state index in [9.17, 15) is 4.79 Å². The van der Waals surface area contributed by atoms with E-state index in [0.29, 0.717) is 17.1 Å². The molecule has 0 bridgehead atoms. The highest BCUT2D eigenvalue weighted by atomic mass is 35.5. The molecular weight excluding hydrogens is 260 g/mol. The van der Waals surface area contributed by atoms with Gasteiger partial charge in [0, 0.05) is 36.3 Å². The number of benzene rings is 1. The fourth-order valence-electron chi connectivity index (χ4n) is 2.35. The maximum Gasteiger partial charge on any atom is 0.246 e. The molecule has 0 saturated carbocycles. The number of carbonyl (C=O) groups is 1. The van der Waals surface area contributed by atoms with Gasteiger partial charge in [-0.1, -0.05) is 23.7 Å². The van der Waals surface area contributed by atoms with E-state index in [4.69, 9.17) is 11.6 Å². The molecule has 2 rings (SSSR count). The zero-order valence-electron chi connectivity index (χ0n) is 11.3. The molecule has 0 aromatic heterocycles. The summed E-state index contributed by atoms with van der Waals surface area (Å²) in [5.41, 5.74) is 0.981. The summed E-state index contributed by atoms with van der Waals surface area (Å²) in [6, 6.07) is 8.12. The second-order valence-corrected chi connectivity index (χ2v) is 5.53. The first-order chi connectivity index (χ1) is 9.04. The highest BCUT2D eigenvalue weighted by Crippen LogP contribution is 2.11. The van der Waals surface area contributed by atoms with Gasteiger partial charge in [0.05, 0.1) is 0 Å². The third-order valence-electron chi connectivity index (χ3n) is 3.16. The maximum atomic E-state index is 12.1. The average molecular weight is 279 g/mol. The topological polar surface area (TPSA) is 32.3 Å². The SMILES string of the molecule is CC1CN(C(=O)C=Cc2ccc(Cl)cc2)CC(C)N1. The first kappa shape index (κ1) is 14.1. The van der Waals surface area contributed by atoms with E-state index in [1.807, 2.05) is 35.2 Å². The first-order valence-electron chi connectivity index (χ1n) is 6.53. The van der Waals surface area contributed by atoms with Gasteiger partial charge in [0.1, 0.15) is 0 Å². The Morgan fingerprint density at radius 1 is 1.26 bits per heavy atom. The molecule has 1 aliphatic rings. The van der Waals surface area contributed by atoms with Crippen LogP contribution < -0.4 is 5.32 Å². The van der Waals surface area contributed by atoms with Gasteiger partial charge in [0.15, 0.2) is 0 Å². The highest BCUT2D eigenvalue weighted by Gasteiger charge is 2.23. The van der Waals surface area contributed by atoms with Crippen LogP contribution in [0.2, 0.25) is 5.02 Å². The van der Waals surface area contributed by atoms with Crippen molar-refractivity contribution in [3.05, 3.63) is 40.9 Å². The molecular formula is C15H19ClN2O. The van der Waals surface area contributed by atoms with Gasteiger partial charge in [-0.15, -0.1) is 0 Å². The average Bonchev–Trinajstić information content (AvgIpc) is 2.36. The van der Waals surface area contributed by atoms with Crippen molar-refractivity contribution in [1.82, 2.24) is 10.2 Å².